The van der Waals surface area contributed by atoms with E-state index in [2.05, 4.69) is 10.6 Å². The van der Waals surface area contributed by atoms with Crippen molar-refractivity contribution < 1.29 is 19.2 Å². The number of imide groups is 1. The summed E-state index contributed by atoms with van der Waals surface area (Å²) in [5.74, 6) is -0.650. The van der Waals surface area contributed by atoms with E-state index in [0.717, 1.165) is 32.4 Å². The van der Waals surface area contributed by atoms with Crippen LogP contribution in [0.15, 0.2) is 0 Å². The molecule has 0 aliphatic carbocycles. The quantitative estimate of drug-likeness (QED) is 0.238. The molecule has 10 heteroatoms. The average molecular weight is 430 g/mol. The van der Waals surface area contributed by atoms with Crippen LogP contribution in [-0.2, 0) is 19.2 Å². The van der Waals surface area contributed by atoms with Crippen LogP contribution >= 0.6 is 11.8 Å². The van der Waals surface area contributed by atoms with Crippen molar-refractivity contribution in [2.45, 2.75) is 44.8 Å². The molecular formula is C19H35N5O4S. The third-order valence-corrected chi connectivity index (χ3v) is 5.94. The first-order valence-corrected chi connectivity index (χ1v) is 11.4. The molecule has 29 heavy (non-hydrogen) atoms. The summed E-state index contributed by atoms with van der Waals surface area (Å²) in [5, 5.41) is 5.03. The second kappa shape index (κ2) is 14.4. The van der Waals surface area contributed by atoms with E-state index < -0.39 is 5.25 Å². The van der Waals surface area contributed by atoms with Crippen molar-refractivity contribution in [1.29, 1.82) is 0 Å². The normalized spacial score (nSPS) is 16.6. The van der Waals surface area contributed by atoms with Crippen LogP contribution in [0.25, 0.3) is 0 Å². The van der Waals surface area contributed by atoms with Crippen LogP contribution < -0.4 is 16.4 Å². The summed E-state index contributed by atoms with van der Waals surface area (Å²) in [6.07, 6.45) is 2.89. The number of nitrogens with zero attached hydrogens (tertiary/aromatic N) is 2. The molecule has 0 aromatic rings. The second-order valence-electron chi connectivity index (χ2n) is 6.90. The van der Waals surface area contributed by atoms with E-state index in [1.807, 2.05) is 18.7 Å². The number of carbonyl (C=O) groups is 4. The first-order valence-electron chi connectivity index (χ1n) is 10.3. The Kier molecular flexibility index (Phi) is 12.6. The van der Waals surface area contributed by atoms with E-state index in [-0.39, 0.29) is 48.9 Å². The van der Waals surface area contributed by atoms with Gasteiger partial charge in [-0.2, -0.15) is 0 Å². The van der Waals surface area contributed by atoms with Crippen LogP contribution in [0.4, 0.5) is 0 Å². The molecule has 166 valence electrons. The van der Waals surface area contributed by atoms with Gasteiger partial charge < -0.3 is 16.4 Å². The Morgan fingerprint density at radius 2 is 1.79 bits per heavy atom. The molecule has 0 radical (unpaired) electrons. The minimum absolute atomic E-state index is 0.0979. The van der Waals surface area contributed by atoms with Gasteiger partial charge in [0.05, 0.1) is 17.5 Å². The van der Waals surface area contributed by atoms with E-state index in [0.29, 0.717) is 19.6 Å². The van der Waals surface area contributed by atoms with Gasteiger partial charge in [0.1, 0.15) is 0 Å². The summed E-state index contributed by atoms with van der Waals surface area (Å²) in [4.78, 5) is 51.5. The summed E-state index contributed by atoms with van der Waals surface area (Å²) >= 11 is 1.19. The molecule has 1 rings (SSSR count). The Balaban J connectivity index is 2.28. The summed E-state index contributed by atoms with van der Waals surface area (Å²) in [5.41, 5.74) is 5.42. The molecule has 1 aliphatic heterocycles. The molecule has 1 fully saturated rings. The highest BCUT2D eigenvalue weighted by Crippen LogP contribution is 2.24. The van der Waals surface area contributed by atoms with Gasteiger partial charge in [-0.15, -0.1) is 11.8 Å². The molecule has 1 heterocycles. The Morgan fingerprint density at radius 3 is 2.45 bits per heavy atom. The number of rotatable bonds is 15. The predicted octanol–water partition coefficient (Wildman–Crippen LogP) is -0.450. The molecule has 1 unspecified atom stereocenters. The van der Waals surface area contributed by atoms with E-state index in [9.17, 15) is 19.2 Å². The summed E-state index contributed by atoms with van der Waals surface area (Å²) in [6.45, 7) is 7.48. The maximum absolute atomic E-state index is 12.4. The smallest absolute Gasteiger partial charge is 0.242 e. The van der Waals surface area contributed by atoms with Crippen LogP contribution in [0.5, 0.6) is 0 Å². The number of unbranched alkanes of at least 4 members (excludes halogenated alkanes) is 2. The molecule has 4 N–H and O–H groups in total. The molecule has 1 saturated heterocycles. The molecule has 0 spiro atoms. The van der Waals surface area contributed by atoms with Crippen molar-refractivity contribution in [2.75, 3.05) is 51.6 Å². The van der Waals surface area contributed by atoms with Crippen LogP contribution in [0.1, 0.15) is 39.5 Å². The van der Waals surface area contributed by atoms with Gasteiger partial charge in [0.2, 0.25) is 23.6 Å². The van der Waals surface area contributed by atoms with E-state index in [1.165, 1.54) is 16.7 Å². The number of likely N-dealkylation sites (tertiary alicyclic amines) is 1. The van der Waals surface area contributed by atoms with Crippen LogP contribution in [0.3, 0.4) is 0 Å². The number of nitrogens with one attached hydrogen (secondary N) is 2. The van der Waals surface area contributed by atoms with E-state index >= 15 is 0 Å². The molecule has 9 nitrogen and oxygen atoms in total. The monoisotopic (exact) mass is 429 g/mol. The van der Waals surface area contributed by atoms with Crippen molar-refractivity contribution in [2.24, 2.45) is 5.73 Å². The topological polar surface area (TPSA) is 125 Å². The lowest BCUT2D eigenvalue weighted by Crippen LogP contribution is -2.42. The summed E-state index contributed by atoms with van der Waals surface area (Å²) in [7, 11) is 0. The summed E-state index contributed by atoms with van der Waals surface area (Å²) < 4.78 is 0. The largest absolute Gasteiger partial charge is 0.355 e. The minimum Gasteiger partial charge on any atom is -0.355 e. The lowest BCUT2D eigenvalue weighted by molar-refractivity contribution is -0.138. The molecule has 4 amide bonds. The minimum atomic E-state index is -0.531. The molecule has 0 bridgehead atoms. The van der Waals surface area contributed by atoms with E-state index in [4.69, 9.17) is 5.73 Å². The maximum atomic E-state index is 12.4. The molecular weight excluding hydrogens is 394 g/mol. The second-order valence-corrected chi connectivity index (χ2v) is 8.09. The Bertz CT molecular complexity index is 557. The van der Waals surface area contributed by atoms with Crippen molar-refractivity contribution in [3.05, 3.63) is 0 Å². The highest BCUT2D eigenvalue weighted by molar-refractivity contribution is 8.01. The predicted molar refractivity (Wildman–Crippen MR) is 114 cm³/mol. The van der Waals surface area contributed by atoms with Gasteiger partial charge in [0.25, 0.3) is 0 Å². The Hall–Kier alpha value is -1.65. The SMILES string of the molecule is CCN(CC)CC(=O)NCCN1C(=O)CC(SCC(=O)NCCCCCN)C1=O. The number of hydrogen-bond acceptors (Lipinski definition) is 7. The highest BCUT2D eigenvalue weighted by Gasteiger charge is 2.38. The fourth-order valence-corrected chi connectivity index (χ4v) is 3.92. The number of hydrogen-bond donors (Lipinski definition) is 3. The molecule has 0 aromatic heterocycles. The average Bonchev–Trinajstić information content (AvgIpc) is 2.97. The van der Waals surface area contributed by atoms with Gasteiger partial charge >= 0.3 is 0 Å². The van der Waals surface area contributed by atoms with Gasteiger partial charge in [-0.25, -0.2) is 0 Å². The number of likely N-dealkylation sites (N-methyl/N-ethyl adjacent to an activating group) is 1. The lowest BCUT2D eigenvalue weighted by atomic mass is 10.2. The third-order valence-electron chi connectivity index (χ3n) is 4.74. The van der Waals surface area contributed by atoms with Gasteiger partial charge in [0.15, 0.2) is 0 Å². The highest BCUT2D eigenvalue weighted by atomic mass is 32.2. The maximum Gasteiger partial charge on any atom is 0.242 e. The van der Waals surface area contributed by atoms with Crippen LogP contribution in [0, 0.1) is 0 Å². The lowest BCUT2D eigenvalue weighted by Gasteiger charge is -2.18. The standard InChI is InChI=1S/C19H35N5O4S/c1-3-23(4-2)13-16(25)22-10-11-24-18(27)12-15(19(24)28)29-14-17(26)21-9-7-5-6-8-20/h15H,3-14,20H2,1-2H3,(H,21,26)(H,22,25). The third kappa shape index (κ3) is 9.60. The van der Waals surface area contributed by atoms with Crippen LogP contribution in [0.2, 0.25) is 0 Å². The van der Waals surface area contributed by atoms with Crippen molar-refractivity contribution in [3.63, 3.8) is 0 Å². The zero-order valence-electron chi connectivity index (χ0n) is 17.6. The number of nitrogens with two attached hydrogens (primary N) is 1. The van der Waals surface area contributed by atoms with Gasteiger partial charge in [0, 0.05) is 26.1 Å². The zero-order chi connectivity index (χ0) is 21.6. The number of thioether (sulfide) groups is 1. The van der Waals surface area contributed by atoms with E-state index in [1.54, 1.807) is 0 Å². The first-order chi connectivity index (χ1) is 13.9. The van der Waals surface area contributed by atoms with Gasteiger partial charge in [-0.1, -0.05) is 20.3 Å². The molecule has 0 aromatic carbocycles. The number of carbonyl (C=O) groups excluding carboxylic acids is 4. The van der Waals surface area contributed by atoms with Crippen molar-refractivity contribution in [3.8, 4) is 0 Å². The summed E-state index contributed by atoms with van der Waals surface area (Å²) in [6, 6.07) is 0. The first kappa shape index (κ1) is 25.4. The Labute approximate surface area is 177 Å². The Morgan fingerprint density at radius 1 is 1.10 bits per heavy atom. The molecule has 1 aliphatic rings. The molecule has 0 saturated carbocycles. The van der Waals surface area contributed by atoms with Gasteiger partial charge in [-0.05, 0) is 32.5 Å². The number of amides is 4. The van der Waals surface area contributed by atoms with Crippen LogP contribution in [-0.4, -0.2) is 90.2 Å². The van der Waals surface area contributed by atoms with Crippen molar-refractivity contribution in [1.82, 2.24) is 20.4 Å². The zero-order valence-corrected chi connectivity index (χ0v) is 18.4. The molecule has 1 atom stereocenters. The fourth-order valence-electron chi connectivity index (χ4n) is 2.93. The van der Waals surface area contributed by atoms with Crippen molar-refractivity contribution >= 4 is 35.4 Å². The fraction of sp³-hybridized carbons (Fsp3) is 0.789. The van der Waals surface area contributed by atoms with Gasteiger partial charge in [-0.3, -0.25) is 29.0 Å².